The first-order chi connectivity index (χ1) is 22.6. The second-order valence-corrected chi connectivity index (χ2v) is 15.2. The highest BCUT2D eigenvalue weighted by atomic mass is 16.8. The van der Waals surface area contributed by atoms with Gasteiger partial charge < -0.3 is 64.9 Å². The van der Waals surface area contributed by atoms with Gasteiger partial charge in [-0.2, -0.15) is 0 Å². The minimum absolute atomic E-state index is 0.0197. The molecule has 16 atom stereocenters. The zero-order valence-corrected chi connectivity index (χ0v) is 27.3. The standard InChI is InChI=1S/C33H50O15/c1-30-7-5-16(37)9-15(30)3-4-17-18-6-8-32(44,31(18,2)10-19(38)23(17)30)22(39)13-45-33(14-36)28(43)27(21(12-35)48-33)47-29-26(42)25(41)24(40)20(11-34)46-29/h9,17-21,23-29,34-36,38,40-44H,3-8,10-14H2,1-2H3/t17-,18-,19-,20+,21+,23+,24-,25-,26+,27+,28-,29-,30-,31-,32-,33?/m0/s1. The summed E-state index contributed by atoms with van der Waals surface area (Å²) in [6.45, 7) is 0.608. The monoisotopic (exact) mass is 686 g/mol. The van der Waals surface area contributed by atoms with Crippen molar-refractivity contribution in [2.45, 2.75) is 125 Å². The fourth-order valence-corrected chi connectivity index (χ4v) is 10.2. The lowest BCUT2D eigenvalue weighted by atomic mass is 9.45. The zero-order valence-electron chi connectivity index (χ0n) is 27.3. The van der Waals surface area contributed by atoms with Gasteiger partial charge in [-0.1, -0.05) is 19.4 Å². The number of ether oxygens (including phenoxy) is 4. The van der Waals surface area contributed by atoms with E-state index in [0.717, 1.165) is 12.0 Å². The molecule has 2 heterocycles. The molecule has 0 aromatic rings. The van der Waals surface area contributed by atoms with Crippen LogP contribution in [0.3, 0.4) is 0 Å². The van der Waals surface area contributed by atoms with Crippen LogP contribution in [0.2, 0.25) is 0 Å². The number of aliphatic hydroxyl groups excluding tert-OH is 8. The molecule has 0 spiro atoms. The third-order valence-electron chi connectivity index (χ3n) is 13.0. The Morgan fingerprint density at radius 1 is 0.958 bits per heavy atom. The van der Waals surface area contributed by atoms with Crippen molar-refractivity contribution in [3.8, 4) is 0 Å². The van der Waals surface area contributed by atoms with Crippen LogP contribution in [0.4, 0.5) is 0 Å². The van der Waals surface area contributed by atoms with Gasteiger partial charge in [-0.15, -0.1) is 0 Å². The molecule has 272 valence electrons. The van der Waals surface area contributed by atoms with Crippen LogP contribution < -0.4 is 0 Å². The molecule has 3 saturated carbocycles. The van der Waals surface area contributed by atoms with Gasteiger partial charge in [0.15, 0.2) is 17.9 Å². The predicted molar refractivity (Wildman–Crippen MR) is 160 cm³/mol. The molecule has 9 N–H and O–H groups in total. The highest BCUT2D eigenvalue weighted by molar-refractivity contribution is 5.92. The lowest BCUT2D eigenvalue weighted by molar-refractivity contribution is -0.319. The minimum atomic E-state index is -2.31. The van der Waals surface area contributed by atoms with Crippen molar-refractivity contribution < 1.29 is 74.5 Å². The van der Waals surface area contributed by atoms with Gasteiger partial charge in [0, 0.05) is 11.8 Å². The van der Waals surface area contributed by atoms with E-state index in [1.54, 1.807) is 6.08 Å². The average Bonchev–Trinajstić information content (AvgIpc) is 3.49. The van der Waals surface area contributed by atoms with Gasteiger partial charge in [0.05, 0.1) is 19.3 Å². The molecule has 5 fully saturated rings. The summed E-state index contributed by atoms with van der Waals surface area (Å²) < 4.78 is 22.4. The molecule has 4 aliphatic carbocycles. The summed E-state index contributed by atoms with van der Waals surface area (Å²) in [6.07, 6.45) is -8.86. The Kier molecular flexibility index (Phi) is 9.81. The van der Waals surface area contributed by atoms with E-state index in [1.807, 2.05) is 6.92 Å². The molecule has 48 heavy (non-hydrogen) atoms. The van der Waals surface area contributed by atoms with Crippen molar-refractivity contribution in [2.75, 3.05) is 26.4 Å². The van der Waals surface area contributed by atoms with Crippen molar-refractivity contribution in [1.29, 1.82) is 0 Å². The number of rotatable bonds is 9. The van der Waals surface area contributed by atoms with Gasteiger partial charge in [0.25, 0.3) is 0 Å². The second-order valence-electron chi connectivity index (χ2n) is 15.2. The van der Waals surface area contributed by atoms with Gasteiger partial charge in [-0.25, -0.2) is 0 Å². The largest absolute Gasteiger partial charge is 0.394 e. The van der Waals surface area contributed by atoms with Gasteiger partial charge in [-0.3, -0.25) is 9.59 Å². The third kappa shape index (κ3) is 5.36. The van der Waals surface area contributed by atoms with E-state index in [0.29, 0.717) is 25.7 Å². The summed E-state index contributed by atoms with van der Waals surface area (Å²) in [5.74, 6) is -3.13. The molecule has 0 aromatic carbocycles. The molecule has 2 aliphatic heterocycles. The minimum Gasteiger partial charge on any atom is -0.394 e. The predicted octanol–water partition coefficient (Wildman–Crippen LogP) is -2.57. The van der Waals surface area contributed by atoms with Crippen LogP contribution in [0.15, 0.2) is 11.6 Å². The summed E-state index contributed by atoms with van der Waals surface area (Å²) in [6, 6.07) is 0. The number of allylic oxidation sites excluding steroid dienone is 1. The third-order valence-corrected chi connectivity index (χ3v) is 13.0. The van der Waals surface area contributed by atoms with Gasteiger partial charge in [-0.05, 0) is 67.8 Å². The second kappa shape index (κ2) is 13.0. The number of Topliss-reactive ketones (excluding diaryl/α,β-unsaturated/α-hetero) is 1. The van der Waals surface area contributed by atoms with Gasteiger partial charge in [0.2, 0.25) is 5.79 Å². The molecule has 0 bridgehead atoms. The first-order valence-corrected chi connectivity index (χ1v) is 17.0. The topological polar surface area (TPSA) is 253 Å². The first kappa shape index (κ1) is 36.4. The Labute approximate surface area is 278 Å². The molecule has 2 saturated heterocycles. The van der Waals surface area contributed by atoms with Gasteiger partial charge >= 0.3 is 0 Å². The van der Waals surface area contributed by atoms with E-state index in [4.69, 9.17) is 18.9 Å². The van der Waals surface area contributed by atoms with Crippen molar-refractivity contribution in [2.24, 2.45) is 28.6 Å². The van der Waals surface area contributed by atoms with E-state index < -0.39 is 104 Å². The first-order valence-electron chi connectivity index (χ1n) is 17.0. The Morgan fingerprint density at radius 2 is 1.67 bits per heavy atom. The van der Waals surface area contributed by atoms with E-state index in [-0.39, 0.29) is 41.8 Å². The fourth-order valence-electron chi connectivity index (χ4n) is 10.2. The van der Waals surface area contributed by atoms with Gasteiger partial charge in [0.1, 0.15) is 61.5 Å². The number of carbonyl (C=O) groups is 2. The number of aliphatic hydroxyl groups is 9. The highest BCUT2D eigenvalue weighted by Crippen LogP contribution is 2.67. The maximum Gasteiger partial charge on any atom is 0.222 e. The molecule has 0 amide bonds. The van der Waals surface area contributed by atoms with Crippen molar-refractivity contribution in [3.05, 3.63) is 11.6 Å². The van der Waals surface area contributed by atoms with E-state index in [2.05, 4.69) is 6.92 Å². The quantitative estimate of drug-likeness (QED) is 0.121. The van der Waals surface area contributed by atoms with Crippen LogP contribution in [0, 0.1) is 28.6 Å². The van der Waals surface area contributed by atoms with Crippen LogP contribution in [0.25, 0.3) is 0 Å². The summed E-state index contributed by atoms with van der Waals surface area (Å²) in [4.78, 5) is 26.1. The molecule has 6 rings (SSSR count). The molecule has 0 aromatic heterocycles. The van der Waals surface area contributed by atoms with Crippen molar-refractivity contribution in [3.63, 3.8) is 0 Å². The average molecular weight is 687 g/mol. The Bertz CT molecular complexity index is 1280. The van der Waals surface area contributed by atoms with E-state index >= 15 is 0 Å². The lowest BCUT2D eigenvalue weighted by Crippen LogP contribution is -2.62. The molecule has 6 aliphatic rings. The molecular formula is C33H50O15. The molecule has 0 radical (unpaired) electrons. The molecule has 1 unspecified atom stereocenters. The molecule has 15 nitrogen and oxygen atoms in total. The molecule has 15 heteroatoms. The smallest absolute Gasteiger partial charge is 0.222 e. The van der Waals surface area contributed by atoms with Crippen molar-refractivity contribution >= 4 is 11.6 Å². The van der Waals surface area contributed by atoms with Crippen molar-refractivity contribution in [1.82, 2.24) is 0 Å². The van der Waals surface area contributed by atoms with Crippen LogP contribution in [-0.4, -0.2) is 150 Å². The summed E-state index contributed by atoms with van der Waals surface area (Å²) in [5.41, 5.74) is -2.20. The number of carbonyl (C=O) groups excluding carboxylic acids is 2. The maximum atomic E-state index is 13.9. The fraction of sp³-hybridized carbons (Fsp3) is 0.879. The Hall–Kier alpha value is -1.44. The van der Waals surface area contributed by atoms with E-state index in [1.165, 1.54) is 0 Å². The van der Waals surface area contributed by atoms with Crippen LogP contribution in [-0.2, 0) is 28.5 Å². The summed E-state index contributed by atoms with van der Waals surface area (Å²) in [7, 11) is 0. The number of hydrogen-bond donors (Lipinski definition) is 9. The lowest BCUT2D eigenvalue weighted by Gasteiger charge is -2.60. The Morgan fingerprint density at radius 3 is 2.33 bits per heavy atom. The van der Waals surface area contributed by atoms with Crippen LogP contribution >= 0.6 is 0 Å². The number of ketones is 2. The normalized spacial score (nSPS) is 52.0. The van der Waals surface area contributed by atoms with E-state index in [9.17, 15) is 55.5 Å². The number of hydrogen-bond acceptors (Lipinski definition) is 15. The SMILES string of the molecule is C[C@]12CCC(=O)C=C1CC[C@@H]1[C@@H]2[C@@H](O)C[C@@]2(C)[C@H]1CC[C@]2(O)C(=O)COC1(CO)O[C@H](CO)[C@@H](O[C@@H]2O[C@H](CO)[C@H](O)[C@H](O)[C@H]2O)[C@@H]1O. The molecular weight excluding hydrogens is 636 g/mol. The number of fused-ring (bicyclic) bond motifs is 5. The van der Waals surface area contributed by atoms with Crippen LogP contribution in [0.1, 0.15) is 58.8 Å². The highest BCUT2D eigenvalue weighted by Gasteiger charge is 2.69. The zero-order chi connectivity index (χ0) is 35.0. The van der Waals surface area contributed by atoms with Crippen LogP contribution in [0.5, 0.6) is 0 Å². The Balaban J connectivity index is 1.17. The maximum absolute atomic E-state index is 13.9. The summed E-state index contributed by atoms with van der Waals surface area (Å²) >= 11 is 0. The summed E-state index contributed by atoms with van der Waals surface area (Å²) in [5, 5.41) is 95.5.